The average molecular weight is 381 g/mol. The van der Waals surface area contributed by atoms with Crippen molar-refractivity contribution in [3.8, 4) is 0 Å². The van der Waals surface area contributed by atoms with Crippen LogP contribution in [0.3, 0.4) is 0 Å². The lowest BCUT2D eigenvalue weighted by Crippen LogP contribution is -2.21. The molecular formula is C17H14Cl2N2O4. The molecule has 0 radical (unpaired) electrons. The van der Waals surface area contributed by atoms with E-state index in [9.17, 15) is 14.4 Å². The van der Waals surface area contributed by atoms with Gasteiger partial charge in [-0.15, -0.1) is 0 Å². The highest BCUT2D eigenvalue weighted by Gasteiger charge is 2.12. The normalized spacial score (nSPS) is 10.0. The van der Waals surface area contributed by atoms with Crippen molar-refractivity contribution in [3.63, 3.8) is 0 Å². The number of esters is 1. The van der Waals surface area contributed by atoms with Crippen LogP contribution >= 0.6 is 23.2 Å². The summed E-state index contributed by atoms with van der Waals surface area (Å²) in [7, 11) is 0. The molecule has 2 aromatic rings. The Morgan fingerprint density at radius 2 is 1.56 bits per heavy atom. The number of ether oxygens (including phenoxy) is 1. The van der Waals surface area contributed by atoms with E-state index in [1.807, 2.05) is 0 Å². The van der Waals surface area contributed by atoms with E-state index in [1.165, 1.54) is 25.1 Å². The quantitative estimate of drug-likeness (QED) is 0.773. The third-order valence-corrected chi connectivity index (χ3v) is 3.34. The second-order valence-corrected chi connectivity index (χ2v) is 5.92. The largest absolute Gasteiger partial charge is 0.452 e. The molecule has 0 aliphatic heterocycles. The fraction of sp³-hybridized carbons (Fsp3) is 0.118. The van der Waals surface area contributed by atoms with Gasteiger partial charge in [-0.05, 0) is 36.4 Å². The van der Waals surface area contributed by atoms with E-state index in [-0.39, 0.29) is 11.5 Å². The molecule has 6 nitrogen and oxygen atoms in total. The van der Waals surface area contributed by atoms with Crippen LogP contribution < -0.4 is 10.6 Å². The first-order chi connectivity index (χ1) is 11.8. The molecule has 0 fully saturated rings. The van der Waals surface area contributed by atoms with Crippen molar-refractivity contribution in [2.45, 2.75) is 6.92 Å². The van der Waals surface area contributed by atoms with Crippen LogP contribution in [0.4, 0.5) is 11.4 Å². The van der Waals surface area contributed by atoms with Gasteiger partial charge in [-0.25, -0.2) is 4.79 Å². The molecule has 0 aromatic heterocycles. The zero-order valence-corrected chi connectivity index (χ0v) is 14.6. The van der Waals surface area contributed by atoms with Crippen LogP contribution in [0.15, 0.2) is 42.5 Å². The van der Waals surface area contributed by atoms with E-state index in [2.05, 4.69) is 10.6 Å². The van der Waals surface area contributed by atoms with Gasteiger partial charge in [-0.3, -0.25) is 9.59 Å². The maximum absolute atomic E-state index is 11.9. The summed E-state index contributed by atoms with van der Waals surface area (Å²) in [4.78, 5) is 34.8. The van der Waals surface area contributed by atoms with E-state index in [0.29, 0.717) is 21.4 Å². The summed E-state index contributed by atoms with van der Waals surface area (Å²) < 4.78 is 4.93. The Bertz CT molecular complexity index is 804. The molecule has 8 heteroatoms. The lowest BCUT2D eigenvalue weighted by molar-refractivity contribution is -0.119. The van der Waals surface area contributed by atoms with Crippen LogP contribution in [0.25, 0.3) is 0 Å². The minimum absolute atomic E-state index is 0.151. The summed E-state index contributed by atoms with van der Waals surface area (Å²) in [6, 6.07) is 10.8. The smallest absolute Gasteiger partial charge is 0.338 e. The molecule has 0 aliphatic carbocycles. The maximum Gasteiger partial charge on any atom is 0.338 e. The molecule has 0 saturated carbocycles. The maximum atomic E-state index is 11.9. The molecule has 0 spiro atoms. The molecule has 2 aromatic carbocycles. The Morgan fingerprint density at radius 3 is 2.16 bits per heavy atom. The molecule has 25 heavy (non-hydrogen) atoms. The molecule has 2 N–H and O–H groups in total. The number of carbonyl (C=O) groups excluding carboxylic acids is 3. The number of hydrogen-bond acceptors (Lipinski definition) is 4. The number of anilines is 2. The summed E-state index contributed by atoms with van der Waals surface area (Å²) in [6.45, 7) is 0.903. The minimum Gasteiger partial charge on any atom is -0.452 e. The summed E-state index contributed by atoms with van der Waals surface area (Å²) in [6.07, 6.45) is 0. The number of hydrogen-bond donors (Lipinski definition) is 2. The topological polar surface area (TPSA) is 84.5 Å². The Morgan fingerprint density at radius 1 is 0.960 bits per heavy atom. The zero-order valence-electron chi connectivity index (χ0n) is 13.1. The predicted molar refractivity (Wildman–Crippen MR) is 96.1 cm³/mol. The van der Waals surface area contributed by atoms with Crippen LogP contribution in [0, 0.1) is 0 Å². The first-order valence-corrected chi connectivity index (χ1v) is 7.90. The Hall–Kier alpha value is -2.57. The summed E-state index contributed by atoms with van der Waals surface area (Å²) in [5.41, 5.74) is 1.15. The summed E-state index contributed by atoms with van der Waals surface area (Å²) in [5.74, 6) is -1.47. The van der Waals surface area contributed by atoms with Gasteiger partial charge >= 0.3 is 5.97 Å². The van der Waals surface area contributed by atoms with Gasteiger partial charge in [0.05, 0.1) is 5.56 Å². The monoisotopic (exact) mass is 380 g/mol. The lowest BCUT2D eigenvalue weighted by Gasteiger charge is -2.09. The van der Waals surface area contributed by atoms with Crippen LogP contribution in [-0.4, -0.2) is 24.4 Å². The molecule has 0 atom stereocenters. The van der Waals surface area contributed by atoms with Gasteiger partial charge in [0.15, 0.2) is 6.61 Å². The molecular weight excluding hydrogens is 367 g/mol. The third kappa shape index (κ3) is 6.10. The Balaban J connectivity index is 1.92. The van der Waals surface area contributed by atoms with Crippen molar-refractivity contribution in [2.24, 2.45) is 0 Å². The number of nitrogens with one attached hydrogen (secondary N) is 2. The first-order valence-electron chi connectivity index (χ1n) is 7.14. The van der Waals surface area contributed by atoms with Crippen LogP contribution in [0.5, 0.6) is 0 Å². The molecule has 2 rings (SSSR count). The SMILES string of the molecule is CC(=O)Nc1cccc(NC(=O)COC(=O)c2cc(Cl)cc(Cl)c2)c1. The van der Waals surface area contributed by atoms with Crippen LogP contribution in [-0.2, 0) is 14.3 Å². The third-order valence-electron chi connectivity index (χ3n) is 2.90. The van der Waals surface area contributed by atoms with Gasteiger partial charge in [0.25, 0.3) is 5.91 Å². The highest BCUT2D eigenvalue weighted by atomic mass is 35.5. The summed E-state index contributed by atoms with van der Waals surface area (Å²) in [5, 5.41) is 5.75. The van der Waals surface area contributed by atoms with E-state index in [1.54, 1.807) is 24.3 Å². The molecule has 0 bridgehead atoms. The minimum atomic E-state index is -0.716. The average Bonchev–Trinajstić information content (AvgIpc) is 2.51. The molecule has 0 unspecified atom stereocenters. The Kier molecular flexibility index (Phi) is 6.38. The van der Waals surface area contributed by atoms with E-state index >= 15 is 0 Å². The molecule has 2 amide bonds. The standard InChI is InChI=1S/C17H14Cl2N2O4/c1-10(22)20-14-3-2-4-15(8-14)21-16(23)9-25-17(24)11-5-12(18)7-13(19)6-11/h2-8H,9H2,1H3,(H,20,22)(H,21,23). The van der Waals surface area contributed by atoms with Crippen molar-refractivity contribution >= 4 is 52.4 Å². The van der Waals surface area contributed by atoms with Crippen molar-refractivity contribution < 1.29 is 19.1 Å². The number of benzene rings is 2. The molecule has 0 saturated heterocycles. The molecule has 130 valence electrons. The van der Waals surface area contributed by atoms with Crippen LogP contribution in [0.1, 0.15) is 17.3 Å². The number of carbonyl (C=O) groups is 3. The molecule has 0 aliphatic rings. The van der Waals surface area contributed by atoms with Gasteiger partial charge in [0.2, 0.25) is 5.91 Å². The van der Waals surface area contributed by atoms with Gasteiger partial charge < -0.3 is 15.4 Å². The fourth-order valence-electron chi connectivity index (χ4n) is 1.96. The zero-order chi connectivity index (χ0) is 18.4. The number of amides is 2. The second kappa shape index (κ2) is 8.50. The van der Waals surface area contributed by atoms with Gasteiger partial charge in [0, 0.05) is 28.3 Å². The van der Waals surface area contributed by atoms with Gasteiger partial charge in [-0.1, -0.05) is 29.3 Å². The molecule has 0 heterocycles. The highest BCUT2D eigenvalue weighted by Crippen LogP contribution is 2.19. The lowest BCUT2D eigenvalue weighted by atomic mass is 10.2. The second-order valence-electron chi connectivity index (χ2n) is 5.04. The first kappa shape index (κ1) is 18.8. The number of rotatable bonds is 5. The summed E-state index contributed by atoms with van der Waals surface area (Å²) >= 11 is 11.6. The van der Waals surface area contributed by atoms with Crippen molar-refractivity contribution in [3.05, 3.63) is 58.1 Å². The number of halogens is 2. The van der Waals surface area contributed by atoms with E-state index < -0.39 is 18.5 Å². The highest BCUT2D eigenvalue weighted by molar-refractivity contribution is 6.35. The van der Waals surface area contributed by atoms with Crippen LogP contribution in [0.2, 0.25) is 10.0 Å². The fourth-order valence-corrected chi connectivity index (χ4v) is 2.49. The van der Waals surface area contributed by atoms with Gasteiger partial charge in [0.1, 0.15) is 0 Å². The Labute approximate surface area is 154 Å². The predicted octanol–water partition coefficient (Wildman–Crippen LogP) is 3.75. The van der Waals surface area contributed by atoms with E-state index in [4.69, 9.17) is 27.9 Å². The van der Waals surface area contributed by atoms with Crippen molar-refractivity contribution in [2.75, 3.05) is 17.2 Å². The van der Waals surface area contributed by atoms with Crippen molar-refractivity contribution in [1.29, 1.82) is 0 Å². The van der Waals surface area contributed by atoms with E-state index in [0.717, 1.165) is 0 Å². The van der Waals surface area contributed by atoms with Crippen molar-refractivity contribution in [1.82, 2.24) is 0 Å². The van der Waals surface area contributed by atoms with Gasteiger partial charge in [-0.2, -0.15) is 0 Å².